The number of rotatable bonds is 5. The third-order valence-electron chi connectivity index (χ3n) is 5.68. The summed E-state index contributed by atoms with van der Waals surface area (Å²) in [6.07, 6.45) is -4.59. The van der Waals surface area contributed by atoms with Gasteiger partial charge in [0.05, 0.1) is 23.3 Å². The molecule has 0 spiro atoms. The van der Waals surface area contributed by atoms with Crippen LogP contribution in [0.3, 0.4) is 0 Å². The first-order valence-electron chi connectivity index (χ1n) is 10.5. The van der Waals surface area contributed by atoms with Gasteiger partial charge < -0.3 is 9.64 Å². The number of carbonyl (C=O) groups excluding carboxylic acids is 1. The van der Waals surface area contributed by atoms with Crippen LogP contribution in [0.2, 0.25) is 5.02 Å². The summed E-state index contributed by atoms with van der Waals surface area (Å²) >= 11 is 6.27. The minimum atomic E-state index is -4.63. The number of hydrogen-bond acceptors (Lipinski definition) is 4. The van der Waals surface area contributed by atoms with Gasteiger partial charge in [0.25, 0.3) is 5.91 Å². The lowest BCUT2D eigenvalue weighted by Gasteiger charge is -2.29. The number of benzene rings is 2. The van der Waals surface area contributed by atoms with Crippen LogP contribution >= 0.6 is 11.6 Å². The van der Waals surface area contributed by atoms with Crippen LogP contribution < -0.4 is 4.74 Å². The molecule has 6 nitrogen and oxygen atoms in total. The van der Waals surface area contributed by atoms with E-state index in [-0.39, 0.29) is 28.4 Å². The lowest BCUT2D eigenvalue weighted by atomic mass is 10.0. The van der Waals surface area contributed by atoms with Crippen molar-refractivity contribution in [2.24, 2.45) is 0 Å². The molecule has 4 rings (SSSR count). The van der Waals surface area contributed by atoms with Gasteiger partial charge in [0.2, 0.25) is 0 Å². The molecule has 34 heavy (non-hydrogen) atoms. The van der Waals surface area contributed by atoms with Crippen molar-refractivity contribution in [1.29, 1.82) is 5.26 Å². The van der Waals surface area contributed by atoms with Crippen LogP contribution in [0.5, 0.6) is 5.75 Å². The molecule has 0 fully saturated rings. The Morgan fingerprint density at radius 3 is 2.68 bits per heavy atom. The highest BCUT2D eigenvalue weighted by molar-refractivity contribution is 6.35. The number of carbonyl (C=O) groups is 1. The van der Waals surface area contributed by atoms with Crippen molar-refractivity contribution in [3.63, 3.8) is 0 Å². The molecular formula is C24H20ClF3N4O2. The summed E-state index contributed by atoms with van der Waals surface area (Å²) in [5.41, 5.74) is 2.65. The van der Waals surface area contributed by atoms with Crippen molar-refractivity contribution in [2.45, 2.75) is 38.7 Å². The second kappa shape index (κ2) is 9.39. The number of alkyl halides is 3. The van der Waals surface area contributed by atoms with Gasteiger partial charge in [0.1, 0.15) is 17.4 Å². The number of hydrogen-bond donors (Lipinski definition) is 0. The maximum atomic E-state index is 13.4. The van der Waals surface area contributed by atoms with Crippen molar-refractivity contribution in [3.8, 4) is 11.8 Å². The van der Waals surface area contributed by atoms with Gasteiger partial charge in [0, 0.05) is 30.8 Å². The van der Waals surface area contributed by atoms with E-state index in [4.69, 9.17) is 16.3 Å². The number of halogens is 4. The molecule has 176 valence electrons. The third-order valence-corrected chi connectivity index (χ3v) is 6.07. The summed E-state index contributed by atoms with van der Waals surface area (Å²) in [5.74, 6) is -0.919. The van der Waals surface area contributed by atoms with E-state index in [1.54, 1.807) is 6.20 Å². The number of amides is 1. The van der Waals surface area contributed by atoms with Gasteiger partial charge in [-0.05, 0) is 24.6 Å². The molecule has 1 atom stereocenters. The largest absolute Gasteiger partial charge is 0.480 e. The molecule has 3 aromatic rings. The van der Waals surface area contributed by atoms with Crippen LogP contribution in [0.1, 0.15) is 39.7 Å². The van der Waals surface area contributed by atoms with Crippen LogP contribution in [-0.4, -0.2) is 39.4 Å². The first-order valence-corrected chi connectivity index (χ1v) is 10.9. The molecule has 0 saturated heterocycles. The lowest BCUT2D eigenvalue weighted by molar-refractivity contribution is -0.189. The average Bonchev–Trinajstić information content (AvgIpc) is 3.21. The zero-order chi connectivity index (χ0) is 24.5. The van der Waals surface area contributed by atoms with Crippen LogP contribution in [0.25, 0.3) is 0 Å². The predicted octanol–water partition coefficient (Wildman–Crippen LogP) is 4.98. The highest BCUT2D eigenvalue weighted by atomic mass is 35.5. The molecule has 2 heterocycles. The standard InChI is InChI=1S/C24H20ClF3N4O2/c1-15(24(26,27)28)34-20-8-7-17(11-29)22(25)21(20)23(33)31-10-9-19-18(14-31)12-30-32(19)13-16-5-3-2-4-6-16/h2-8,12,15H,9-10,13-14H2,1H3. The summed E-state index contributed by atoms with van der Waals surface area (Å²) in [5, 5.41) is 13.5. The Kier molecular flexibility index (Phi) is 6.53. The third kappa shape index (κ3) is 4.73. The average molecular weight is 489 g/mol. The molecular weight excluding hydrogens is 469 g/mol. The second-order valence-corrected chi connectivity index (χ2v) is 8.33. The van der Waals surface area contributed by atoms with E-state index in [0.717, 1.165) is 23.7 Å². The maximum Gasteiger partial charge on any atom is 0.425 e. The van der Waals surface area contributed by atoms with E-state index in [1.165, 1.54) is 17.0 Å². The minimum Gasteiger partial charge on any atom is -0.480 e. The van der Waals surface area contributed by atoms with Crippen molar-refractivity contribution in [1.82, 2.24) is 14.7 Å². The Labute approximate surface area is 199 Å². The van der Waals surface area contributed by atoms with Gasteiger partial charge in [-0.1, -0.05) is 41.9 Å². The first-order chi connectivity index (χ1) is 16.2. The SMILES string of the molecule is CC(Oc1ccc(C#N)c(Cl)c1C(=O)N1CCc2c(cnn2Cc2ccccc2)C1)C(F)(F)F. The molecule has 0 aliphatic carbocycles. The minimum absolute atomic E-state index is 0.0228. The smallest absolute Gasteiger partial charge is 0.425 e. The number of ether oxygens (including phenoxy) is 1. The molecule has 1 aliphatic heterocycles. The highest BCUT2D eigenvalue weighted by Gasteiger charge is 2.39. The summed E-state index contributed by atoms with van der Waals surface area (Å²) in [4.78, 5) is 14.9. The van der Waals surface area contributed by atoms with Crippen LogP contribution in [0.15, 0.2) is 48.7 Å². The van der Waals surface area contributed by atoms with Crippen molar-refractivity contribution >= 4 is 17.5 Å². The van der Waals surface area contributed by atoms with E-state index in [1.807, 2.05) is 41.1 Å². The maximum absolute atomic E-state index is 13.4. The fourth-order valence-electron chi connectivity index (χ4n) is 3.82. The topological polar surface area (TPSA) is 71.2 Å². The normalized spacial score (nSPS) is 14.3. The zero-order valence-electron chi connectivity index (χ0n) is 18.1. The molecule has 0 N–H and O–H groups in total. The second-order valence-electron chi connectivity index (χ2n) is 7.95. The summed E-state index contributed by atoms with van der Waals surface area (Å²) in [6.45, 7) is 1.96. The Morgan fingerprint density at radius 1 is 1.26 bits per heavy atom. The quantitative estimate of drug-likeness (QED) is 0.507. The Morgan fingerprint density at radius 2 is 2.00 bits per heavy atom. The Balaban J connectivity index is 1.60. The highest BCUT2D eigenvalue weighted by Crippen LogP contribution is 2.35. The molecule has 2 aromatic carbocycles. The summed E-state index contributed by atoms with van der Waals surface area (Å²) in [6, 6.07) is 14.1. The molecule has 0 saturated carbocycles. The van der Waals surface area contributed by atoms with Crippen LogP contribution in [0, 0.1) is 11.3 Å². The molecule has 1 aromatic heterocycles. The monoisotopic (exact) mass is 488 g/mol. The predicted molar refractivity (Wildman–Crippen MR) is 119 cm³/mol. The van der Waals surface area contributed by atoms with E-state index in [2.05, 4.69) is 5.10 Å². The fraction of sp³-hybridized carbons (Fsp3) is 0.292. The number of nitrogens with zero attached hydrogens (tertiary/aromatic N) is 4. The van der Waals surface area contributed by atoms with Gasteiger partial charge >= 0.3 is 6.18 Å². The summed E-state index contributed by atoms with van der Waals surface area (Å²) in [7, 11) is 0. The van der Waals surface area contributed by atoms with Crippen LogP contribution in [-0.2, 0) is 19.5 Å². The Bertz CT molecular complexity index is 1250. The molecule has 1 amide bonds. The zero-order valence-corrected chi connectivity index (χ0v) is 18.9. The van der Waals surface area contributed by atoms with Gasteiger partial charge in [-0.3, -0.25) is 9.48 Å². The fourth-order valence-corrected chi connectivity index (χ4v) is 4.10. The van der Waals surface area contributed by atoms with Crippen LogP contribution in [0.4, 0.5) is 13.2 Å². The van der Waals surface area contributed by atoms with Crippen molar-refractivity contribution in [2.75, 3.05) is 6.54 Å². The summed E-state index contributed by atoms with van der Waals surface area (Å²) < 4.78 is 46.2. The first kappa shape index (κ1) is 23.6. The molecule has 1 aliphatic rings. The van der Waals surface area contributed by atoms with Gasteiger partial charge in [0.15, 0.2) is 6.10 Å². The van der Waals surface area contributed by atoms with E-state index in [9.17, 15) is 23.2 Å². The van der Waals surface area contributed by atoms with E-state index in [0.29, 0.717) is 19.5 Å². The van der Waals surface area contributed by atoms with E-state index >= 15 is 0 Å². The van der Waals surface area contributed by atoms with Gasteiger partial charge in [-0.15, -0.1) is 0 Å². The van der Waals surface area contributed by atoms with Gasteiger partial charge in [-0.2, -0.15) is 23.5 Å². The number of nitriles is 1. The molecule has 0 bridgehead atoms. The lowest BCUT2D eigenvalue weighted by Crippen LogP contribution is -2.37. The van der Waals surface area contributed by atoms with Crippen molar-refractivity contribution in [3.05, 3.63) is 81.6 Å². The number of aromatic nitrogens is 2. The molecule has 1 unspecified atom stereocenters. The molecule has 0 radical (unpaired) electrons. The van der Waals surface area contributed by atoms with E-state index < -0.39 is 18.2 Å². The van der Waals surface area contributed by atoms with Crippen molar-refractivity contribution < 1.29 is 22.7 Å². The Hall–Kier alpha value is -3.51. The van der Waals surface area contributed by atoms with Gasteiger partial charge in [-0.25, -0.2) is 0 Å². The number of fused-ring (bicyclic) bond motifs is 1. The molecule has 10 heteroatoms.